The topological polar surface area (TPSA) is 20.9 Å². The summed E-state index contributed by atoms with van der Waals surface area (Å²) < 4.78 is 296. The summed E-state index contributed by atoms with van der Waals surface area (Å²) in [5.74, 6) is -71.3. The van der Waals surface area contributed by atoms with Crippen LogP contribution in [0.4, 0.5) is 87.8 Å². The van der Waals surface area contributed by atoms with Crippen molar-refractivity contribution >= 4 is 33.8 Å². The van der Waals surface area contributed by atoms with Gasteiger partial charge in [-0.3, -0.25) is 4.79 Å². The van der Waals surface area contributed by atoms with Crippen molar-refractivity contribution in [1.82, 2.24) is 0 Å². The number of Topliss-reactive ketones (excluding diaryl/α,β-unsaturated/α-hetero) is 1. The van der Waals surface area contributed by atoms with E-state index < -0.39 is 144 Å². The maximum atomic E-state index is 15.4. The third kappa shape index (κ3) is 8.02. The van der Waals surface area contributed by atoms with Gasteiger partial charge in [0.25, 0.3) is 0 Å². The number of benzene rings is 6. The Morgan fingerprint density at radius 3 is 0.940 bits per heavy atom. The van der Waals surface area contributed by atoms with E-state index in [4.69, 9.17) is 0 Å². The van der Waals surface area contributed by atoms with Gasteiger partial charge in [-0.1, -0.05) is 54.6 Å². The summed E-state index contributed by atoms with van der Waals surface area (Å²) in [5, 5.41) is 0. The number of pyridine rings is 1. The van der Waals surface area contributed by atoms with Crippen molar-refractivity contribution in [2.45, 2.75) is 13.5 Å². The molecule has 0 N–H and O–H groups in total. The van der Waals surface area contributed by atoms with E-state index in [9.17, 15) is 57.5 Å². The Labute approximate surface area is 361 Å². The maximum Gasteiger partial charge on any atom is 0.227 e. The summed E-state index contributed by atoms with van der Waals surface area (Å²) in [5.41, 5.74) is -9.94. The van der Waals surface area contributed by atoms with Crippen molar-refractivity contribution in [3.8, 4) is 11.1 Å². The maximum absolute atomic E-state index is 15.4. The summed E-state index contributed by atoms with van der Waals surface area (Å²) >= 11 is 0. The zero-order valence-electron chi connectivity index (χ0n) is 32.7. The molecule has 0 fully saturated rings. The summed E-state index contributed by atoms with van der Waals surface area (Å²) in [6.45, 7) is 2.47. The first-order valence-electron chi connectivity index (χ1n) is 18.3. The van der Waals surface area contributed by atoms with E-state index >= 15 is 35.1 Å². The largest absolute Gasteiger partial charge is 0.287 e. The van der Waals surface area contributed by atoms with E-state index in [1.807, 2.05) is 59.4 Å². The zero-order chi connectivity index (χ0) is 49.7. The Morgan fingerprint density at radius 1 is 0.373 bits per heavy atom. The smallest absolute Gasteiger partial charge is 0.227 e. The van der Waals surface area contributed by atoms with Crippen LogP contribution in [0.2, 0.25) is 0 Å². The summed E-state index contributed by atoms with van der Waals surface area (Å²) in [6.07, 6.45) is -3.30. The molecule has 1 heterocycles. The standard InChI is InChI=1S/C24BF20.C20H18NO/c26-5-1(6(27)14(35)21(42)13(5)34)25(2-7(28)15(36)22(43)16(37)8(2)29,3-9(30)17(38)23(44)18(39)10(3)31)4-11(32)19(40)24(45)20(41)12(4)33;1-16-7-5-6-10-19(16)17-11-13-21(14-12-17)15-20(22)18-8-3-2-4-9-18/h;2-14H,15H2,1H3/q-1;+1. The average Bonchev–Trinajstić information content (AvgIpc) is 3.32. The monoisotopic (exact) mass is 967 g/mol. The Morgan fingerprint density at radius 2 is 0.642 bits per heavy atom. The van der Waals surface area contributed by atoms with Crippen molar-refractivity contribution in [1.29, 1.82) is 0 Å². The summed E-state index contributed by atoms with van der Waals surface area (Å²) in [4.78, 5) is 12.2. The molecule has 2 nitrogen and oxygen atoms in total. The van der Waals surface area contributed by atoms with Crippen molar-refractivity contribution < 1.29 is 97.2 Å². The highest BCUT2D eigenvalue weighted by atomic mass is 19.2. The lowest BCUT2D eigenvalue weighted by atomic mass is 9.12. The van der Waals surface area contributed by atoms with Crippen molar-refractivity contribution in [3.05, 3.63) is 207 Å². The molecule has 0 saturated heterocycles. The van der Waals surface area contributed by atoms with Crippen LogP contribution in [0.3, 0.4) is 0 Å². The number of aromatic nitrogens is 1. The van der Waals surface area contributed by atoms with E-state index in [1.54, 1.807) is 0 Å². The van der Waals surface area contributed by atoms with E-state index in [-0.39, 0.29) is 5.78 Å². The van der Waals surface area contributed by atoms with Gasteiger partial charge in [-0.05, 0) is 23.6 Å². The van der Waals surface area contributed by atoms with Gasteiger partial charge in [0.1, 0.15) is 52.7 Å². The quantitative estimate of drug-likeness (QED) is 0.0372. The van der Waals surface area contributed by atoms with Gasteiger partial charge in [-0.2, -0.15) is 4.57 Å². The fourth-order valence-corrected chi connectivity index (χ4v) is 7.39. The third-order valence-corrected chi connectivity index (χ3v) is 10.5. The molecule has 0 amide bonds. The highest BCUT2D eigenvalue weighted by Crippen LogP contribution is 2.31. The van der Waals surface area contributed by atoms with Crippen LogP contribution in [-0.4, -0.2) is 11.9 Å². The molecule has 7 rings (SSSR count). The molecule has 1 aromatic heterocycles. The molecule has 67 heavy (non-hydrogen) atoms. The van der Waals surface area contributed by atoms with Crippen molar-refractivity contribution in [2.75, 3.05) is 0 Å². The van der Waals surface area contributed by atoms with E-state index in [1.165, 1.54) is 16.7 Å². The van der Waals surface area contributed by atoms with Gasteiger partial charge in [0.15, 0.2) is 82.2 Å². The van der Waals surface area contributed by atoms with Crippen LogP contribution in [0, 0.1) is 123 Å². The van der Waals surface area contributed by atoms with Gasteiger partial charge < -0.3 is 0 Å². The predicted octanol–water partition coefficient (Wildman–Crippen LogP) is 9.68. The summed E-state index contributed by atoms with van der Waals surface area (Å²) in [6, 6.07) is 21.8. The normalized spacial score (nSPS) is 11.5. The predicted molar refractivity (Wildman–Crippen MR) is 197 cm³/mol. The second-order valence-corrected chi connectivity index (χ2v) is 14.2. The first-order valence-corrected chi connectivity index (χ1v) is 18.3. The second-order valence-electron chi connectivity index (χ2n) is 14.2. The molecule has 23 heteroatoms. The molecule has 0 aliphatic heterocycles. The summed E-state index contributed by atoms with van der Waals surface area (Å²) in [7, 11) is 0. The van der Waals surface area contributed by atoms with Gasteiger partial charge in [-0.25, -0.2) is 87.8 Å². The molecular formula is C44H18BF20NO. The van der Waals surface area contributed by atoms with Gasteiger partial charge in [0, 0.05) is 17.7 Å². The number of carbonyl (C=O) groups is 1. The van der Waals surface area contributed by atoms with Crippen molar-refractivity contribution in [3.63, 3.8) is 0 Å². The number of halogens is 20. The van der Waals surface area contributed by atoms with Gasteiger partial charge in [0.2, 0.25) is 12.3 Å². The number of rotatable bonds is 8. The number of hydrogen-bond acceptors (Lipinski definition) is 1. The van der Waals surface area contributed by atoms with Gasteiger partial charge in [-0.15, -0.1) is 21.9 Å². The van der Waals surface area contributed by atoms with Crippen LogP contribution in [0.1, 0.15) is 15.9 Å². The van der Waals surface area contributed by atoms with Gasteiger partial charge >= 0.3 is 0 Å². The molecule has 6 aromatic carbocycles. The first kappa shape index (κ1) is 49.2. The van der Waals surface area contributed by atoms with E-state index in [2.05, 4.69) is 31.2 Å². The SMILES string of the molecule is Cc1ccccc1-c1cc[n+](CC(=O)c2ccccc2)cc1.Fc1c(F)c(F)c([B-](c2c(F)c(F)c(F)c(F)c2F)(c2c(F)c(F)c(F)c(F)c2F)c2c(F)c(F)c(F)c(F)c2F)c(F)c1F. The lowest BCUT2D eigenvalue weighted by Crippen LogP contribution is -2.81. The third-order valence-electron chi connectivity index (χ3n) is 10.5. The lowest BCUT2D eigenvalue weighted by molar-refractivity contribution is -0.683. The molecule has 0 unspecified atom stereocenters. The number of hydrogen-bond donors (Lipinski definition) is 0. The fraction of sp³-hybridized carbons (Fsp3) is 0.0455. The van der Waals surface area contributed by atoms with Crippen molar-refractivity contribution in [2.24, 2.45) is 0 Å². The molecule has 0 radical (unpaired) electrons. The molecule has 7 aromatic rings. The van der Waals surface area contributed by atoms with Gasteiger partial charge in [0.05, 0.1) is 0 Å². The van der Waals surface area contributed by atoms with Crippen LogP contribution in [0.5, 0.6) is 0 Å². The first-order chi connectivity index (χ1) is 31.4. The molecular weight excluding hydrogens is 949 g/mol. The fourth-order valence-electron chi connectivity index (χ4n) is 7.39. The Hall–Kier alpha value is -7.20. The Balaban J connectivity index is 0.000000279. The lowest BCUT2D eigenvalue weighted by Gasteiger charge is -2.44. The number of nitrogens with zero attached hydrogens (tertiary/aromatic N) is 1. The van der Waals surface area contributed by atoms with Crippen LogP contribution in [0.25, 0.3) is 11.1 Å². The Kier molecular flexibility index (Phi) is 13.7. The molecule has 0 spiro atoms. The molecule has 348 valence electrons. The zero-order valence-corrected chi connectivity index (χ0v) is 32.7. The molecule has 0 saturated carbocycles. The highest BCUT2D eigenvalue weighted by molar-refractivity contribution is 7.20. The molecule has 0 aliphatic carbocycles. The number of ketones is 1. The number of aryl methyl sites for hydroxylation is 1. The molecule has 0 aliphatic rings. The highest BCUT2D eigenvalue weighted by Gasteiger charge is 2.52. The number of carbonyl (C=O) groups excluding carboxylic acids is 1. The van der Waals surface area contributed by atoms with E-state index in [0.717, 1.165) is 5.56 Å². The molecule has 0 bridgehead atoms. The van der Waals surface area contributed by atoms with Crippen LogP contribution in [0.15, 0.2) is 79.1 Å². The van der Waals surface area contributed by atoms with Crippen LogP contribution in [-0.2, 0) is 6.54 Å². The minimum Gasteiger partial charge on any atom is -0.287 e. The van der Waals surface area contributed by atoms with E-state index in [0.29, 0.717) is 6.54 Å². The molecule has 0 atom stereocenters. The van der Waals surface area contributed by atoms with Crippen LogP contribution < -0.4 is 26.4 Å². The Bertz CT molecular complexity index is 2750. The second kappa shape index (κ2) is 18.6. The minimum absolute atomic E-state index is 0.120. The minimum atomic E-state index is -7.22. The van der Waals surface area contributed by atoms with Crippen LogP contribution >= 0.6 is 0 Å². The average molecular weight is 967 g/mol.